The quantitative estimate of drug-likeness (QED) is 0.277. The fourth-order valence-electron chi connectivity index (χ4n) is 2.10. The summed E-state index contributed by atoms with van der Waals surface area (Å²) in [5, 5.41) is 2.90. The summed E-state index contributed by atoms with van der Waals surface area (Å²) in [5.41, 5.74) is 0.898. The lowest BCUT2D eigenvalue weighted by Gasteiger charge is -2.20. The molecule has 7 nitrogen and oxygen atoms in total. The molecule has 0 aliphatic rings. The molecule has 0 saturated heterocycles. The van der Waals surface area contributed by atoms with Gasteiger partial charge in [-0.3, -0.25) is 0 Å². The van der Waals surface area contributed by atoms with Gasteiger partial charge in [0.05, 0.1) is 13.2 Å². The maximum absolute atomic E-state index is 10.1. The highest BCUT2D eigenvalue weighted by Crippen LogP contribution is 2.37. The van der Waals surface area contributed by atoms with Crippen LogP contribution in [-0.4, -0.2) is 52.1 Å². The zero-order valence-corrected chi connectivity index (χ0v) is 17.6. The largest absolute Gasteiger partial charge is 0.491 e. The highest BCUT2D eigenvalue weighted by Gasteiger charge is 2.15. The highest BCUT2D eigenvalue weighted by atomic mass is 32.5. The number of hydrogen-bond acceptors (Lipinski definition) is 6. The fourth-order valence-corrected chi connectivity index (χ4v) is 3.51. The monoisotopic (exact) mass is 407 g/mol. The molecule has 26 heavy (non-hydrogen) atoms. The predicted octanol–water partition coefficient (Wildman–Crippen LogP) is 2.85. The molecule has 0 spiro atoms. The Morgan fingerprint density at radius 1 is 1.15 bits per heavy atom. The predicted molar refractivity (Wildman–Crippen MR) is 105 cm³/mol. The molecule has 0 radical (unpaired) electrons. The van der Waals surface area contributed by atoms with Gasteiger partial charge in [-0.2, -0.15) is 0 Å². The Morgan fingerprint density at radius 3 is 2.38 bits per heavy atom. The van der Waals surface area contributed by atoms with Crippen LogP contribution in [0.1, 0.15) is 25.7 Å². The minimum absolute atomic E-state index is 0.196. The molecule has 1 aromatic rings. The van der Waals surface area contributed by atoms with E-state index in [9.17, 15) is 4.89 Å². The molecule has 0 bridgehead atoms. The van der Waals surface area contributed by atoms with E-state index in [1.807, 2.05) is 38.1 Å². The molecule has 2 N–H and O–H groups in total. The van der Waals surface area contributed by atoms with Crippen LogP contribution in [0.25, 0.3) is 0 Å². The molecule has 0 heterocycles. The van der Waals surface area contributed by atoms with Crippen LogP contribution in [0.4, 0.5) is 0 Å². The molecule has 1 aromatic carbocycles. The summed E-state index contributed by atoms with van der Waals surface area (Å²) in [6, 6.07) is 7.38. The molecular weight excluding hydrogens is 377 g/mol. The van der Waals surface area contributed by atoms with Crippen molar-refractivity contribution in [2.75, 3.05) is 47.2 Å². The summed E-state index contributed by atoms with van der Waals surface area (Å²) in [5.74, 6) is 0.929. The standard InChI is InChI=1S/C17H30NO6PS/c1-5-22-13-14(2)12-18-25(19,26)24-11-10-23-16-8-6-15(7-9-16)17(20-3)21-4/h6-9,14,17H,5,10-13H2,1-4H3,(H2,18,19,26). The SMILES string of the molecule is CCOCC(C)CNP(O)(=S)OCCOc1ccc(C(OC)OC)cc1. The van der Waals surface area contributed by atoms with Crippen molar-refractivity contribution < 1.29 is 28.4 Å². The fraction of sp³-hybridized carbons (Fsp3) is 0.647. The molecular formula is C17H30NO6PS. The third kappa shape index (κ3) is 9.39. The van der Waals surface area contributed by atoms with E-state index in [0.717, 1.165) is 5.56 Å². The van der Waals surface area contributed by atoms with Crippen LogP contribution in [-0.2, 0) is 30.5 Å². The number of hydrogen-bond donors (Lipinski definition) is 2. The summed E-state index contributed by atoms with van der Waals surface area (Å²) in [6.07, 6.45) is -0.399. The Labute approximate surface area is 161 Å². The van der Waals surface area contributed by atoms with Gasteiger partial charge in [-0.05, 0) is 36.8 Å². The molecule has 9 heteroatoms. The second-order valence-electron chi connectivity index (χ2n) is 5.70. The van der Waals surface area contributed by atoms with E-state index >= 15 is 0 Å². The van der Waals surface area contributed by atoms with Crippen LogP contribution in [0.15, 0.2) is 24.3 Å². The minimum atomic E-state index is -3.01. The first-order valence-electron chi connectivity index (χ1n) is 8.50. The van der Waals surface area contributed by atoms with Crippen molar-refractivity contribution in [1.29, 1.82) is 0 Å². The van der Waals surface area contributed by atoms with Gasteiger partial charge in [0.15, 0.2) is 6.29 Å². The molecule has 0 fully saturated rings. The second-order valence-corrected chi connectivity index (χ2v) is 8.80. The van der Waals surface area contributed by atoms with E-state index in [0.29, 0.717) is 25.5 Å². The van der Waals surface area contributed by atoms with Crippen LogP contribution in [0.5, 0.6) is 5.75 Å². The van der Waals surface area contributed by atoms with Gasteiger partial charge in [0.2, 0.25) is 0 Å². The van der Waals surface area contributed by atoms with Gasteiger partial charge in [0.1, 0.15) is 12.4 Å². The number of benzene rings is 1. The van der Waals surface area contributed by atoms with E-state index in [2.05, 4.69) is 5.09 Å². The Hall–Kier alpha value is -0.570. The minimum Gasteiger partial charge on any atom is -0.491 e. The summed E-state index contributed by atoms with van der Waals surface area (Å²) in [6.45, 7) is 3.25. The van der Waals surface area contributed by atoms with Gasteiger partial charge < -0.3 is 28.4 Å². The van der Waals surface area contributed by atoms with Gasteiger partial charge in [-0.15, -0.1) is 0 Å². The molecule has 0 aliphatic carbocycles. The van der Waals surface area contributed by atoms with Crippen LogP contribution in [0.2, 0.25) is 0 Å². The van der Waals surface area contributed by atoms with Gasteiger partial charge in [0.25, 0.3) is 6.64 Å². The van der Waals surface area contributed by atoms with Crippen molar-refractivity contribution in [1.82, 2.24) is 5.09 Å². The van der Waals surface area contributed by atoms with Crippen molar-refractivity contribution in [3.8, 4) is 5.75 Å². The van der Waals surface area contributed by atoms with Gasteiger partial charge in [-0.25, -0.2) is 5.09 Å². The topological polar surface area (TPSA) is 78.4 Å². The maximum atomic E-state index is 10.1. The Kier molecular flexibility index (Phi) is 11.5. The summed E-state index contributed by atoms with van der Waals surface area (Å²) in [7, 11) is 3.17. The first kappa shape index (κ1) is 23.5. The summed E-state index contributed by atoms with van der Waals surface area (Å²) in [4.78, 5) is 10.1. The van der Waals surface area contributed by atoms with Gasteiger partial charge >= 0.3 is 0 Å². The summed E-state index contributed by atoms with van der Waals surface area (Å²) < 4.78 is 26.7. The molecule has 2 atom stereocenters. The summed E-state index contributed by atoms with van der Waals surface area (Å²) >= 11 is 5.09. The lowest BCUT2D eigenvalue weighted by molar-refractivity contribution is -0.106. The number of ether oxygens (including phenoxy) is 4. The number of rotatable bonds is 14. The molecule has 0 aromatic heterocycles. The van der Waals surface area contributed by atoms with Crippen molar-refractivity contribution in [3.63, 3.8) is 0 Å². The normalized spacial score (nSPS) is 15.0. The van der Waals surface area contributed by atoms with E-state index in [-0.39, 0.29) is 19.1 Å². The Bertz CT molecular complexity index is 541. The zero-order chi connectivity index (χ0) is 19.4. The van der Waals surface area contributed by atoms with Crippen molar-refractivity contribution >= 4 is 18.4 Å². The first-order chi connectivity index (χ1) is 12.4. The molecule has 2 unspecified atom stereocenters. The molecule has 0 amide bonds. The highest BCUT2D eigenvalue weighted by molar-refractivity contribution is 8.08. The Morgan fingerprint density at radius 2 is 1.81 bits per heavy atom. The average Bonchev–Trinajstić information content (AvgIpc) is 2.64. The smallest absolute Gasteiger partial charge is 0.258 e. The lowest BCUT2D eigenvalue weighted by atomic mass is 10.2. The maximum Gasteiger partial charge on any atom is 0.258 e. The van der Waals surface area contributed by atoms with Gasteiger partial charge in [0, 0.05) is 32.9 Å². The molecule has 0 saturated carbocycles. The third-order valence-electron chi connectivity index (χ3n) is 3.44. The zero-order valence-electron chi connectivity index (χ0n) is 15.8. The van der Waals surface area contributed by atoms with Crippen LogP contribution in [0, 0.1) is 5.92 Å². The van der Waals surface area contributed by atoms with E-state index in [1.54, 1.807) is 14.2 Å². The number of methoxy groups -OCH3 is 2. The number of nitrogens with one attached hydrogen (secondary N) is 1. The van der Waals surface area contributed by atoms with Crippen LogP contribution in [0.3, 0.4) is 0 Å². The second kappa shape index (κ2) is 12.8. The van der Waals surface area contributed by atoms with Gasteiger partial charge in [-0.1, -0.05) is 19.1 Å². The average molecular weight is 407 g/mol. The van der Waals surface area contributed by atoms with E-state index in [1.165, 1.54) is 0 Å². The van der Waals surface area contributed by atoms with Crippen LogP contribution >= 0.6 is 6.64 Å². The van der Waals surface area contributed by atoms with Crippen molar-refractivity contribution in [2.45, 2.75) is 20.1 Å². The first-order valence-corrected chi connectivity index (χ1v) is 11.2. The van der Waals surface area contributed by atoms with E-state index < -0.39 is 12.9 Å². The third-order valence-corrected chi connectivity index (χ3v) is 5.26. The van der Waals surface area contributed by atoms with Crippen molar-refractivity contribution in [2.24, 2.45) is 5.92 Å². The van der Waals surface area contributed by atoms with Crippen LogP contribution < -0.4 is 9.82 Å². The molecule has 1 rings (SSSR count). The molecule has 150 valence electrons. The lowest BCUT2D eigenvalue weighted by Crippen LogP contribution is -2.23. The Balaban J connectivity index is 2.29. The van der Waals surface area contributed by atoms with Crippen molar-refractivity contribution in [3.05, 3.63) is 29.8 Å². The van der Waals surface area contributed by atoms with E-state index in [4.69, 9.17) is 35.3 Å². The molecule has 0 aliphatic heterocycles.